The zero-order valence-electron chi connectivity index (χ0n) is 4.44. The van der Waals surface area contributed by atoms with E-state index in [1.54, 1.807) is 6.92 Å². The van der Waals surface area contributed by atoms with E-state index in [1.807, 2.05) is 0 Å². The molecule has 0 aromatic carbocycles. The first-order chi connectivity index (χ1) is 3.15. The third kappa shape index (κ3) is 14200. The number of halogens is 1. The minimum atomic E-state index is -0.361. The van der Waals surface area contributed by atoms with Gasteiger partial charge in [0.05, 0.1) is 0 Å². The number of hydrogen-bond acceptors (Lipinski definition) is 2. The molecule has 0 fully saturated rings. The summed E-state index contributed by atoms with van der Waals surface area (Å²) in [5.41, 5.74) is 0. The van der Waals surface area contributed by atoms with Gasteiger partial charge in [0.15, 0.2) is 0 Å². The molecule has 0 heterocycles. The Kier molecular flexibility index (Phi) is 13.3. The van der Waals surface area contributed by atoms with Crippen molar-refractivity contribution in [3.05, 3.63) is 0 Å². The summed E-state index contributed by atoms with van der Waals surface area (Å²) in [6.07, 6.45) is 0. The normalized spacial score (nSPS) is 6.29. The average Bonchev–Trinajstić information content (AvgIpc) is 1.33. The highest BCUT2D eigenvalue weighted by Crippen LogP contribution is 1.67. The first kappa shape index (κ1) is 10.0. The topological polar surface area (TPSA) is 37.3 Å². The molecule has 0 aliphatic carbocycles. The molecule has 0 aromatic heterocycles. The Morgan fingerprint density at radius 3 is 1.86 bits per heavy atom. The summed E-state index contributed by atoms with van der Waals surface area (Å²) in [5.74, 6) is 0. The van der Waals surface area contributed by atoms with Crippen LogP contribution in [0.15, 0.2) is 0 Å². The van der Waals surface area contributed by atoms with Crippen LogP contribution in [0.4, 0.5) is 0 Å². The molecule has 7 heavy (non-hydrogen) atoms. The van der Waals surface area contributed by atoms with E-state index >= 15 is 0 Å². The maximum Gasteiger partial charge on any atom is 0.218 e. The number of carbonyl (C=O) groups is 1. The molecule has 0 aliphatic heterocycles. The lowest BCUT2D eigenvalue weighted by Gasteiger charge is -1.52. The van der Waals surface area contributed by atoms with Gasteiger partial charge in [-0.2, -0.15) is 0 Å². The minimum absolute atomic E-state index is 0.250. The summed E-state index contributed by atoms with van der Waals surface area (Å²) >= 11 is 4.64. The number of rotatable bonds is 0. The largest absolute Gasteiger partial charge is 0.397 e. The monoisotopic (exact) mass is 124 g/mol. The van der Waals surface area contributed by atoms with E-state index in [2.05, 4.69) is 11.6 Å². The van der Waals surface area contributed by atoms with E-state index in [-0.39, 0.29) is 11.8 Å². The Morgan fingerprint density at radius 2 is 1.86 bits per heavy atom. The standard InChI is InChI=1S/C2H3ClO.C2H6O/c1-2(3)4;1-2-3/h1H3;3H,2H2,1H3. The molecule has 44 valence electrons. The van der Waals surface area contributed by atoms with Crippen LogP contribution in [-0.4, -0.2) is 17.0 Å². The van der Waals surface area contributed by atoms with Gasteiger partial charge in [-0.05, 0) is 18.5 Å². The quantitative estimate of drug-likeness (QED) is 0.485. The van der Waals surface area contributed by atoms with Crippen LogP contribution in [0.25, 0.3) is 0 Å². The van der Waals surface area contributed by atoms with Crippen LogP contribution in [0.2, 0.25) is 0 Å². The third-order valence-electron chi connectivity index (χ3n) is 0. The fourth-order valence-corrected chi connectivity index (χ4v) is 0. The Morgan fingerprint density at radius 1 is 1.86 bits per heavy atom. The fourth-order valence-electron chi connectivity index (χ4n) is 0. The Labute approximate surface area is 48.1 Å². The smallest absolute Gasteiger partial charge is 0.218 e. The van der Waals surface area contributed by atoms with Crippen molar-refractivity contribution in [3.8, 4) is 0 Å². The van der Waals surface area contributed by atoms with Crippen LogP contribution < -0.4 is 0 Å². The predicted octanol–water partition coefficient (Wildman–Crippen LogP) is 0.770. The Balaban J connectivity index is 0. The van der Waals surface area contributed by atoms with Crippen LogP contribution in [-0.2, 0) is 4.79 Å². The van der Waals surface area contributed by atoms with Crippen molar-refractivity contribution in [1.29, 1.82) is 0 Å². The van der Waals surface area contributed by atoms with Gasteiger partial charge in [0.25, 0.3) is 0 Å². The maximum atomic E-state index is 9.21. The van der Waals surface area contributed by atoms with Gasteiger partial charge in [0.1, 0.15) is 0 Å². The molecule has 3 heteroatoms. The first-order valence-corrected chi connectivity index (χ1v) is 2.29. The first-order valence-electron chi connectivity index (χ1n) is 1.92. The second-order valence-corrected chi connectivity index (χ2v) is 1.32. The highest BCUT2D eigenvalue weighted by Gasteiger charge is 1.67. The minimum Gasteiger partial charge on any atom is -0.397 e. The number of hydrogen-bond donors (Lipinski definition) is 1. The van der Waals surface area contributed by atoms with Crippen LogP contribution in [0.1, 0.15) is 13.8 Å². The summed E-state index contributed by atoms with van der Waals surface area (Å²) in [6, 6.07) is 0. The maximum absolute atomic E-state index is 9.21. The zero-order chi connectivity index (χ0) is 6.28. The van der Waals surface area contributed by atoms with E-state index in [0.29, 0.717) is 0 Å². The second kappa shape index (κ2) is 9.33. The van der Waals surface area contributed by atoms with Gasteiger partial charge in [0, 0.05) is 13.5 Å². The molecule has 0 aliphatic rings. The van der Waals surface area contributed by atoms with Gasteiger partial charge in [-0.3, -0.25) is 4.79 Å². The highest BCUT2D eigenvalue weighted by atomic mass is 35.5. The molecule has 0 spiro atoms. The molecule has 1 N–H and O–H groups in total. The van der Waals surface area contributed by atoms with Crippen molar-refractivity contribution in [2.24, 2.45) is 0 Å². The van der Waals surface area contributed by atoms with Gasteiger partial charge in [-0.25, -0.2) is 0 Å². The van der Waals surface area contributed by atoms with Crippen molar-refractivity contribution in [1.82, 2.24) is 0 Å². The van der Waals surface area contributed by atoms with Crippen molar-refractivity contribution < 1.29 is 9.90 Å². The van der Waals surface area contributed by atoms with Crippen LogP contribution in [0.5, 0.6) is 0 Å². The van der Waals surface area contributed by atoms with Gasteiger partial charge in [-0.15, -0.1) is 0 Å². The number of aliphatic hydroxyl groups excluding tert-OH is 1. The Bertz CT molecular complexity index is 41.0. The Hall–Kier alpha value is -0.0800. The molecule has 0 rings (SSSR count). The molecule has 0 aromatic rings. The molecular formula is C4H9ClO2. The van der Waals surface area contributed by atoms with Crippen molar-refractivity contribution >= 4 is 16.8 Å². The summed E-state index contributed by atoms with van der Waals surface area (Å²) in [7, 11) is 0. The van der Waals surface area contributed by atoms with E-state index in [4.69, 9.17) is 5.11 Å². The third-order valence-corrected chi connectivity index (χ3v) is 0. The van der Waals surface area contributed by atoms with Crippen molar-refractivity contribution in [3.63, 3.8) is 0 Å². The average molecular weight is 125 g/mol. The molecule has 0 unspecified atom stereocenters. The summed E-state index contributed by atoms with van der Waals surface area (Å²) < 4.78 is 0. The van der Waals surface area contributed by atoms with E-state index < -0.39 is 0 Å². The van der Waals surface area contributed by atoms with Gasteiger partial charge >= 0.3 is 0 Å². The van der Waals surface area contributed by atoms with Gasteiger partial charge in [-0.1, -0.05) is 0 Å². The van der Waals surface area contributed by atoms with Crippen LogP contribution >= 0.6 is 11.6 Å². The lowest BCUT2D eigenvalue weighted by atomic mass is 10.9. The SMILES string of the molecule is CC(=O)Cl.CCO. The second-order valence-electron chi connectivity index (χ2n) is 0.786. The highest BCUT2D eigenvalue weighted by molar-refractivity contribution is 6.62. The summed E-state index contributed by atoms with van der Waals surface area (Å²) in [4.78, 5) is 9.21. The molecule has 0 radical (unpaired) electrons. The lowest BCUT2D eigenvalue weighted by molar-refractivity contribution is -0.109. The molecule has 0 saturated heterocycles. The number of aliphatic hydroxyl groups is 1. The molecule has 2 nitrogen and oxygen atoms in total. The van der Waals surface area contributed by atoms with E-state index in [9.17, 15) is 4.79 Å². The molecule has 0 atom stereocenters. The summed E-state index contributed by atoms with van der Waals surface area (Å²) in [6.45, 7) is 3.22. The fraction of sp³-hybridized carbons (Fsp3) is 0.750. The molecule has 0 bridgehead atoms. The van der Waals surface area contributed by atoms with E-state index in [0.717, 1.165) is 0 Å². The van der Waals surface area contributed by atoms with Crippen molar-refractivity contribution in [2.75, 3.05) is 6.61 Å². The molecule has 0 amide bonds. The zero-order valence-corrected chi connectivity index (χ0v) is 5.20. The van der Waals surface area contributed by atoms with Crippen LogP contribution in [0.3, 0.4) is 0 Å². The van der Waals surface area contributed by atoms with Gasteiger partial charge < -0.3 is 5.11 Å². The van der Waals surface area contributed by atoms with Crippen molar-refractivity contribution in [2.45, 2.75) is 13.8 Å². The van der Waals surface area contributed by atoms with Gasteiger partial charge in [0.2, 0.25) is 5.24 Å². The predicted molar refractivity (Wildman–Crippen MR) is 29.3 cm³/mol. The molecular weight excluding hydrogens is 115 g/mol. The van der Waals surface area contributed by atoms with E-state index in [1.165, 1.54) is 6.92 Å². The lowest BCUT2D eigenvalue weighted by Crippen LogP contribution is -1.62. The van der Waals surface area contributed by atoms with Crippen LogP contribution in [0, 0.1) is 0 Å². The number of carbonyl (C=O) groups excluding carboxylic acids is 1. The molecule has 0 saturated carbocycles. The summed E-state index contributed by atoms with van der Waals surface area (Å²) in [5, 5.41) is 7.21.